The predicted molar refractivity (Wildman–Crippen MR) is 48.7 cm³/mol. The topological polar surface area (TPSA) is 58.6 Å². The van der Waals surface area contributed by atoms with Crippen molar-refractivity contribution in [2.24, 2.45) is 0 Å². The summed E-state index contributed by atoms with van der Waals surface area (Å²) in [4.78, 5) is 10.3. The molecule has 0 heterocycles. The van der Waals surface area contributed by atoms with Gasteiger partial charge in [0.2, 0.25) is 0 Å². The molecule has 1 aliphatic rings. The van der Waals surface area contributed by atoms with Gasteiger partial charge in [-0.1, -0.05) is 12.8 Å². The summed E-state index contributed by atoms with van der Waals surface area (Å²) in [5.41, 5.74) is 0. The highest BCUT2D eigenvalue weighted by Crippen LogP contribution is 2.20. The second kappa shape index (κ2) is 5.19. The summed E-state index contributed by atoms with van der Waals surface area (Å²) in [6, 6.07) is 0.217. The van der Waals surface area contributed by atoms with Gasteiger partial charge in [0.15, 0.2) is 0 Å². The van der Waals surface area contributed by atoms with Gasteiger partial charge >= 0.3 is 5.97 Å². The normalized spacial score (nSPS) is 28.7. The van der Waals surface area contributed by atoms with Crippen LogP contribution in [0.15, 0.2) is 0 Å². The molecule has 1 rings (SSSR count). The Labute approximate surface area is 78.3 Å². The van der Waals surface area contributed by atoms with E-state index in [9.17, 15) is 4.79 Å². The standard InChI is InChI=1S/C9H17NO3/c1-13-8-5-3-2-4-7(8)10-6-9(11)12/h7-8,10H,2-6H2,1H3,(H,11,12)/t7-,8-/m0/s1. The Bertz CT molecular complexity index is 172. The molecule has 1 aliphatic carbocycles. The summed E-state index contributed by atoms with van der Waals surface area (Å²) in [5.74, 6) is -0.805. The molecule has 76 valence electrons. The van der Waals surface area contributed by atoms with Crippen molar-refractivity contribution in [3.05, 3.63) is 0 Å². The fraction of sp³-hybridized carbons (Fsp3) is 0.889. The minimum Gasteiger partial charge on any atom is -0.480 e. The fourth-order valence-corrected chi connectivity index (χ4v) is 1.83. The fourth-order valence-electron chi connectivity index (χ4n) is 1.83. The molecule has 0 aromatic heterocycles. The third kappa shape index (κ3) is 3.32. The molecule has 13 heavy (non-hydrogen) atoms. The van der Waals surface area contributed by atoms with E-state index in [1.165, 1.54) is 6.42 Å². The molecule has 0 amide bonds. The molecule has 2 N–H and O–H groups in total. The third-order valence-electron chi connectivity index (χ3n) is 2.52. The minimum atomic E-state index is -0.805. The van der Waals surface area contributed by atoms with Crippen LogP contribution in [0.25, 0.3) is 0 Å². The second-order valence-corrected chi connectivity index (χ2v) is 3.44. The van der Waals surface area contributed by atoms with Gasteiger partial charge in [0.05, 0.1) is 12.6 Å². The molecule has 1 fully saturated rings. The molecule has 4 nitrogen and oxygen atoms in total. The van der Waals surface area contributed by atoms with Crippen LogP contribution < -0.4 is 5.32 Å². The first-order valence-electron chi connectivity index (χ1n) is 4.72. The quantitative estimate of drug-likeness (QED) is 0.677. The lowest BCUT2D eigenvalue weighted by Crippen LogP contribution is -2.45. The zero-order chi connectivity index (χ0) is 9.68. The first-order valence-corrected chi connectivity index (χ1v) is 4.72. The first kappa shape index (κ1) is 10.5. The van der Waals surface area contributed by atoms with Crippen molar-refractivity contribution in [1.29, 1.82) is 0 Å². The Morgan fingerprint density at radius 2 is 2.23 bits per heavy atom. The van der Waals surface area contributed by atoms with Crippen LogP contribution in [0.3, 0.4) is 0 Å². The van der Waals surface area contributed by atoms with E-state index >= 15 is 0 Å². The van der Waals surface area contributed by atoms with E-state index in [0.717, 1.165) is 19.3 Å². The summed E-state index contributed by atoms with van der Waals surface area (Å²) in [6.45, 7) is 0.0323. The molecule has 4 heteroatoms. The number of hydrogen-bond donors (Lipinski definition) is 2. The lowest BCUT2D eigenvalue weighted by atomic mass is 9.92. The molecular formula is C9H17NO3. The monoisotopic (exact) mass is 187 g/mol. The summed E-state index contributed by atoms with van der Waals surface area (Å²) in [6.07, 6.45) is 4.59. The van der Waals surface area contributed by atoms with E-state index in [1.54, 1.807) is 7.11 Å². The van der Waals surface area contributed by atoms with Gasteiger partial charge in [-0.25, -0.2) is 0 Å². The average Bonchev–Trinajstić information content (AvgIpc) is 2.15. The maximum Gasteiger partial charge on any atom is 0.317 e. The van der Waals surface area contributed by atoms with Crippen molar-refractivity contribution in [3.63, 3.8) is 0 Å². The average molecular weight is 187 g/mol. The highest BCUT2D eigenvalue weighted by molar-refractivity contribution is 5.69. The highest BCUT2D eigenvalue weighted by Gasteiger charge is 2.24. The predicted octanol–water partition coefficient (Wildman–Crippen LogP) is 0.618. The lowest BCUT2D eigenvalue weighted by molar-refractivity contribution is -0.136. The van der Waals surface area contributed by atoms with Gasteiger partial charge in [-0.05, 0) is 12.8 Å². The SMILES string of the molecule is CO[C@H]1CCCC[C@@H]1NCC(=O)O. The Hall–Kier alpha value is -0.610. The molecule has 0 aromatic rings. The van der Waals surface area contributed by atoms with Gasteiger partial charge in [-0.3, -0.25) is 4.79 Å². The van der Waals surface area contributed by atoms with Crippen molar-refractivity contribution >= 4 is 5.97 Å². The Morgan fingerprint density at radius 3 is 2.85 bits per heavy atom. The molecule has 0 saturated heterocycles. The van der Waals surface area contributed by atoms with Gasteiger partial charge in [-0.2, -0.15) is 0 Å². The molecule has 0 bridgehead atoms. The van der Waals surface area contributed by atoms with Crippen molar-refractivity contribution in [2.75, 3.05) is 13.7 Å². The van der Waals surface area contributed by atoms with Gasteiger partial charge in [-0.15, -0.1) is 0 Å². The zero-order valence-corrected chi connectivity index (χ0v) is 7.95. The first-order chi connectivity index (χ1) is 6.24. The van der Waals surface area contributed by atoms with Crippen molar-refractivity contribution in [1.82, 2.24) is 5.32 Å². The van der Waals surface area contributed by atoms with Crippen LogP contribution in [0, 0.1) is 0 Å². The van der Waals surface area contributed by atoms with Crippen LogP contribution in [0.1, 0.15) is 25.7 Å². The van der Waals surface area contributed by atoms with E-state index in [0.29, 0.717) is 0 Å². The van der Waals surface area contributed by atoms with E-state index < -0.39 is 5.97 Å². The summed E-state index contributed by atoms with van der Waals surface area (Å²) in [5, 5.41) is 11.5. The van der Waals surface area contributed by atoms with E-state index in [4.69, 9.17) is 9.84 Å². The van der Waals surface area contributed by atoms with Crippen LogP contribution in [-0.4, -0.2) is 36.9 Å². The number of nitrogens with one attached hydrogen (secondary N) is 1. The molecule has 0 unspecified atom stereocenters. The molecule has 0 spiro atoms. The van der Waals surface area contributed by atoms with E-state index in [2.05, 4.69) is 5.32 Å². The minimum absolute atomic E-state index is 0.0323. The Morgan fingerprint density at radius 1 is 1.54 bits per heavy atom. The molecule has 1 saturated carbocycles. The molecule has 0 radical (unpaired) electrons. The maximum absolute atomic E-state index is 10.3. The van der Waals surface area contributed by atoms with Gasteiger partial charge in [0, 0.05) is 13.2 Å². The van der Waals surface area contributed by atoms with Crippen molar-refractivity contribution in [3.8, 4) is 0 Å². The lowest BCUT2D eigenvalue weighted by Gasteiger charge is -2.30. The number of carboxylic acids is 1. The van der Waals surface area contributed by atoms with Gasteiger partial charge in [0.1, 0.15) is 0 Å². The molecule has 0 aliphatic heterocycles. The Balaban J connectivity index is 2.31. The maximum atomic E-state index is 10.3. The smallest absolute Gasteiger partial charge is 0.317 e. The van der Waals surface area contributed by atoms with E-state index in [-0.39, 0.29) is 18.7 Å². The number of rotatable bonds is 4. The highest BCUT2D eigenvalue weighted by atomic mass is 16.5. The van der Waals surface area contributed by atoms with Crippen molar-refractivity contribution < 1.29 is 14.6 Å². The number of carboxylic acid groups (broad SMARTS) is 1. The zero-order valence-electron chi connectivity index (χ0n) is 7.95. The second-order valence-electron chi connectivity index (χ2n) is 3.44. The van der Waals surface area contributed by atoms with Crippen LogP contribution in [0.4, 0.5) is 0 Å². The van der Waals surface area contributed by atoms with Crippen LogP contribution >= 0.6 is 0 Å². The number of carbonyl (C=O) groups is 1. The Kier molecular flexibility index (Phi) is 4.18. The van der Waals surface area contributed by atoms with Gasteiger partial charge < -0.3 is 15.2 Å². The largest absolute Gasteiger partial charge is 0.480 e. The molecular weight excluding hydrogens is 170 g/mol. The summed E-state index contributed by atoms with van der Waals surface area (Å²) in [7, 11) is 1.69. The third-order valence-corrected chi connectivity index (χ3v) is 2.52. The van der Waals surface area contributed by atoms with Crippen LogP contribution in [0.5, 0.6) is 0 Å². The van der Waals surface area contributed by atoms with E-state index in [1.807, 2.05) is 0 Å². The van der Waals surface area contributed by atoms with Gasteiger partial charge in [0.25, 0.3) is 0 Å². The number of hydrogen-bond acceptors (Lipinski definition) is 3. The summed E-state index contributed by atoms with van der Waals surface area (Å²) < 4.78 is 5.28. The number of ether oxygens (including phenoxy) is 1. The number of aliphatic carboxylic acids is 1. The van der Waals surface area contributed by atoms with Crippen LogP contribution in [0.2, 0.25) is 0 Å². The summed E-state index contributed by atoms with van der Waals surface area (Å²) >= 11 is 0. The van der Waals surface area contributed by atoms with Crippen molar-refractivity contribution in [2.45, 2.75) is 37.8 Å². The molecule has 2 atom stereocenters. The van der Waals surface area contributed by atoms with Crippen LogP contribution in [-0.2, 0) is 9.53 Å². The molecule has 0 aromatic carbocycles. The number of methoxy groups -OCH3 is 1.